The molecule has 0 spiro atoms. The van der Waals surface area contributed by atoms with Gasteiger partial charge in [-0.25, -0.2) is 14.5 Å². The summed E-state index contributed by atoms with van der Waals surface area (Å²) < 4.78 is 73.9. The van der Waals surface area contributed by atoms with Gasteiger partial charge >= 0.3 is 18.4 Å². The van der Waals surface area contributed by atoms with Crippen LogP contribution in [-0.4, -0.2) is 56.6 Å². The first-order valence-corrected chi connectivity index (χ1v) is 15.3. The van der Waals surface area contributed by atoms with Crippen molar-refractivity contribution in [2.75, 3.05) is 17.3 Å². The zero-order valence-electron chi connectivity index (χ0n) is 24.7. The van der Waals surface area contributed by atoms with E-state index in [1.54, 1.807) is 36.4 Å². The molecule has 2 heterocycles. The Morgan fingerprint density at radius 3 is 2.40 bits per heavy atom. The number of alkyl halides is 5. The summed E-state index contributed by atoms with van der Waals surface area (Å²) in [6.45, 7) is 4.01. The Balaban J connectivity index is 1.17. The number of anilines is 1. The minimum atomic E-state index is -5.85. The Morgan fingerprint density at radius 2 is 1.74 bits per heavy atom. The molecule has 5 rings (SSSR count). The number of halogens is 6. The average molecular weight is 694 g/mol. The van der Waals surface area contributed by atoms with Gasteiger partial charge in [-0.3, -0.25) is 9.69 Å². The molecule has 16 heteroatoms. The molecule has 0 unspecified atom stereocenters. The topological polar surface area (TPSA) is 98.9 Å². The maximum Gasteiger partial charge on any atom is 0.499 e. The lowest BCUT2D eigenvalue weighted by Gasteiger charge is -2.21. The lowest BCUT2D eigenvalue weighted by molar-refractivity contribution is -0.360. The zero-order chi connectivity index (χ0) is 33.9. The summed E-state index contributed by atoms with van der Waals surface area (Å²) in [5, 5.41) is 4.99. The molecule has 1 aliphatic heterocycles. The fraction of sp³-hybridized carbons (Fsp3) is 0.258. The summed E-state index contributed by atoms with van der Waals surface area (Å²) in [6, 6.07) is 16.8. The molecule has 1 saturated heterocycles. The maximum atomic E-state index is 13.1. The van der Waals surface area contributed by atoms with Crippen molar-refractivity contribution in [1.82, 2.24) is 14.8 Å². The number of hydrogen-bond acceptors (Lipinski definition) is 7. The third-order valence-corrected chi connectivity index (χ3v) is 7.96. The Labute approximate surface area is 274 Å². The molecule has 246 valence electrons. The fourth-order valence-electron chi connectivity index (χ4n) is 4.46. The van der Waals surface area contributed by atoms with Gasteiger partial charge in [-0.15, -0.1) is 5.10 Å². The number of carbonyl (C=O) groups excluding carboxylic acids is 2. The van der Waals surface area contributed by atoms with Crippen LogP contribution in [0, 0.1) is 0 Å². The number of aromatic nitrogens is 3. The van der Waals surface area contributed by atoms with Gasteiger partial charge in [-0.05, 0) is 53.4 Å². The highest BCUT2D eigenvalue weighted by Crippen LogP contribution is 2.38. The van der Waals surface area contributed by atoms with E-state index in [-0.39, 0.29) is 29.4 Å². The lowest BCUT2D eigenvalue weighted by Crippen LogP contribution is -2.41. The van der Waals surface area contributed by atoms with Crippen LogP contribution in [-0.2, 0) is 16.0 Å². The number of ether oxygens (including phenoxy) is 2. The van der Waals surface area contributed by atoms with Crippen molar-refractivity contribution in [3.63, 3.8) is 0 Å². The van der Waals surface area contributed by atoms with E-state index >= 15 is 0 Å². The summed E-state index contributed by atoms with van der Waals surface area (Å²) in [5.74, 6) is -0.329. The Kier molecular flexibility index (Phi) is 9.86. The highest BCUT2D eigenvalue weighted by atomic mass is 35.5. The lowest BCUT2D eigenvalue weighted by atomic mass is 10.0. The summed E-state index contributed by atoms with van der Waals surface area (Å²) in [4.78, 5) is 34.9. The minimum Gasteiger partial charge on any atom is -0.448 e. The summed E-state index contributed by atoms with van der Waals surface area (Å²) in [6.07, 6.45) is -10.3. The molecule has 0 aliphatic carbocycles. The van der Waals surface area contributed by atoms with Crippen LogP contribution in [0.3, 0.4) is 0 Å². The van der Waals surface area contributed by atoms with Crippen LogP contribution in [0.4, 0.5) is 32.4 Å². The molecule has 3 aromatic carbocycles. The Hall–Kier alpha value is -4.50. The van der Waals surface area contributed by atoms with E-state index in [4.69, 9.17) is 16.3 Å². The first-order valence-electron chi connectivity index (χ1n) is 14.0. The number of nitrogens with zero attached hydrogens (tertiary/aromatic N) is 5. The molecule has 0 saturated carbocycles. The van der Waals surface area contributed by atoms with E-state index in [0.29, 0.717) is 34.2 Å². The van der Waals surface area contributed by atoms with Crippen LogP contribution >= 0.6 is 23.4 Å². The molecule has 0 bridgehead atoms. The number of aliphatic imine (C=N–C) groups is 1. The summed E-state index contributed by atoms with van der Waals surface area (Å²) in [5.41, 5.74) is 3.30. The molecule has 0 atom stereocenters. The second kappa shape index (κ2) is 13.7. The van der Waals surface area contributed by atoms with Gasteiger partial charge in [-0.2, -0.15) is 26.9 Å². The predicted molar refractivity (Wildman–Crippen MR) is 166 cm³/mol. The standard InChI is InChI=1S/C31H25ClF5N5O4S/c1-18(2)24-12-7-21(32)15-25(24)42-26(43)16-47-28(42)39-29(44)45-14-13-19-3-5-20(6-4-19)27-38-17-41(40-27)22-8-10-23(11-9-22)46-31(36,37)30(33,34)35/h3-12,15,17-18H,13-14,16H2,1-2H3/b39-28-. The highest BCUT2D eigenvalue weighted by molar-refractivity contribution is 8.15. The molecule has 9 nitrogen and oxygen atoms in total. The van der Waals surface area contributed by atoms with Crippen LogP contribution in [0.5, 0.6) is 5.75 Å². The van der Waals surface area contributed by atoms with Gasteiger partial charge in [0.1, 0.15) is 12.1 Å². The van der Waals surface area contributed by atoms with Crippen LogP contribution in [0.2, 0.25) is 5.02 Å². The van der Waals surface area contributed by atoms with Gasteiger partial charge in [0.15, 0.2) is 11.0 Å². The van der Waals surface area contributed by atoms with Gasteiger partial charge in [-0.1, -0.05) is 67.5 Å². The number of thioether (sulfide) groups is 1. The van der Waals surface area contributed by atoms with Gasteiger partial charge in [0.05, 0.1) is 23.7 Å². The van der Waals surface area contributed by atoms with Crippen LogP contribution in [0.15, 0.2) is 78.0 Å². The van der Waals surface area contributed by atoms with Gasteiger partial charge in [0.2, 0.25) is 5.91 Å². The van der Waals surface area contributed by atoms with Crippen LogP contribution < -0.4 is 9.64 Å². The molecular formula is C31H25ClF5N5O4S. The largest absolute Gasteiger partial charge is 0.499 e. The fourth-order valence-corrected chi connectivity index (χ4v) is 5.48. The molecule has 0 radical (unpaired) electrons. The number of amidine groups is 1. The van der Waals surface area contributed by atoms with Crippen molar-refractivity contribution in [3.8, 4) is 22.8 Å². The van der Waals surface area contributed by atoms with E-state index in [1.165, 1.54) is 28.0 Å². The minimum absolute atomic E-state index is 0.0312. The number of benzene rings is 3. The monoisotopic (exact) mass is 693 g/mol. The van der Waals surface area contributed by atoms with E-state index in [0.717, 1.165) is 35.0 Å². The number of amides is 2. The Morgan fingerprint density at radius 1 is 1.04 bits per heavy atom. The van der Waals surface area contributed by atoms with Gasteiger partial charge < -0.3 is 9.47 Å². The predicted octanol–water partition coefficient (Wildman–Crippen LogP) is 8.06. The van der Waals surface area contributed by atoms with Crippen molar-refractivity contribution in [2.24, 2.45) is 4.99 Å². The van der Waals surface area contributed by atoms with Crippen LogP contribution in [0.1, 0.15) is 30.9 Å². The maximum absolute atomic E-state index is 13.1. The SMILES string of the molecule is CC(C)c1ccc(Cl)cc1N1C(=O)CS/C1=N\C(=O)OCCc1ccc(-c2ncn(-c3ccc(OC(F)(F)C(F)(F)F)cc3)n2)cc1. The molecule has 2 amide bonds. The third-order valence-electron chi connectivity index (χ3n) is 6.81. The van der Waals surface area contributed by atoms with Crippen molar-refractivity contribution < 1.29 is 41.0 Å². The van der Waals surface area contributed by atoms with Gasteiger partial charge in [0.25, 0.3) is 0 Å². The molecule has 1 aliphatic rings. The molecule has 4 aromatic rings. The molecule has 47 heavy (non-hydrogen) atoms. The quantitative estimate of drug-likeness (QED) is 0.164. The second-order valence-electron chi connectivity index (χ2n) is 10.5. The third kappa shape index (κ3) is 7.91. The van der Waals surface area contributed by atoms with E-state index < -0.39 is 24.1 Å². The number of hydrogen-bond donors (Lipinski definition) is 0. The van der Waals surface area contributed by atoms with Crippen molar-refractivity contribution >= 4 is 46.2 Å². The van der Waals surface area contributed by atoms with E-state index in [1.807, 2.05) is 19.9 Å². The summed E-state index contributed by atoms with van der Waals surface area (Å²) >= 11 is 7.34. The molecular weight excluding hydrogens is 669 g/mol. The molecule has 0 N–H and O–H groups in total. The molecule has 1 fully saturated rings. The van der Waals surface area contributed by atoms with Crippen molar-refractivity contribution in [3.05, 3.63) is 89.2 Å². The second-order valence-corrected chi connectivity index (χ2v) is 11.8. The Bertz CT molecular complexity index is 1800. The average Bonchev–Trinajstić information content (AvgIpc) is 3.64. The molecule has 1 aromatic heterocycles. The van der Waals surface area contributed by atoms with Crippen molar-refractivity contribution in [2.45, 2.75) is 38.5 Å². The number of rotatable bonds is 9. The first kappa shape index (κ1) is 33.9. The van der Waals surface area contributed by atoms with Crippen LogP contribution in [0.25, 0.3) is 17.1 Å². The van der Waals surface area contributed by atoms with E-state index in [9.17, 15) is 31.5 Å². The van der Waals surface area contributed by atoms with Crippen molar-refractivity contribution in [1.29, 1.82) is 0 Å². The van der Waals surface area contributed by atoms with E-state index in [2.05, 4.69) is 19.8 Å². The smallest absolute Gasteiger partial charge is 0.448 e. The normalized spacial score (nSPS) is 14.7. The summed E-state index contributed by atoms with van der Waals surface area (Å²) in [7, 11) is 0. The first-order chi connectivity index (χ1) is 22.2. The zero-order valence-corrected chi connectivity index (χ0v) is 26.2. The van der Waals surface area contributed by atoms with Gasteiger partial charge in [0, 0.05) is 17.0 Å². The highest BCUT2D eigenvalue weighted by Gasteiger charge is 2.61. The number of carbonyl (C=O) groups is 2.